The van der Waals surface area contributed by atoms with Crippen LogP contribution in [-0.4, -0.2) is 27.9 Å². The Morgan fingerprint density at radius 2 is 1.10 bits per heavy atom. The minimum Gasteiger partial charge on any atom is -0.374 e. The molecule has 0 N–H and O–H groups in total. The molecule has 6 nitrogen and oxygen atoms in total. The first-order valence-electron chi connectivity index (χ1n) is 7.07. The van der Waals surface area contributed by atoms with Crippen LogP contribution in [0.1, 0.15) is 0 Å². The Morgan fingerprint density at radius 3 is 1.57 bits per heavy atom. The molecular formula is C14H6ClF7O6S2. The summed E-state index contributed by atoms with van der Waals surface area (Å²) in [7, 11) is -12.4. The molecule has 2 rings (SSSR count). The zero-order valence-corrected chi connectivity index (χ0v) is 16.1. The summed E-state index contributed by atoms with van der Waals surface area (Å²) in [6.45, 7) is 0. The van der Waals surface area contributed by atoms with Crippen molar-refractivity contribution in [1.82, 2.24) is 0 Å². The van der Waals surface area contributed by atoms with Gasteiger partial charge in [0.15, 0.2) is 17.3 Å². The van der Waals surface area contributed by atoms with Gasteiger partial charge in [-0.2, -0.15) is 43.2 Å². The van der Waals surface area contributed by atoms with Gasteiger partial charge < -0.3 is 8.37 Å². The first-order chi connectivity index (χ1) is 13.5. The van der Waals surface area contributed by atoms with Crippen LogP contribution in [0.4, 0.5) is 30.7 Å². The van der Waals surface area contributed by atoms with Crippen molar-refractivity contribution in [1.29, 1.82) is 0 Å². The van der Waals surface area contributed by atoms with Gasteiger partial charge in [0.25, 0.3) is 0 Å². The van der Waals surface area contributed by atoms with Gasteiger partial charge in [-0.15, -0.1) is 0 Å². The van der Waals surface area contributed by atoms with E-state index in [4.69, 9.17) is 11.6 Å². The molecule has 166 valence electrons. The van der Waals surface area contributed by atoms with Crippen molar-refractivity contribution in [2.45, 2.75) is 11.0 Å². The number of rotatable bonds is 5. The van der Waals surface area contributed by atoms with Gasteiger partial charge in [-0.05, 0) is 12.1 Å². The quantitative estimate of drug-likeness (QED) is 0.337. The number of alkyl halides is 6. The molecule has 0 radical (unpaired) electrons. The third-order valence-corrected chi connectivity index (χ3v) is 5.50. The van der Waals surface area contributed by atoms with Gasteiger partial charge in [-0.1, -0.05) is 35.9 Å². The first-order valence-corrected chi connectivity index (χ1v) is 10.3. The lowest BCUT2D eigenvalue weighted by Gasteiger charge is -2.14. The van der Waals surface area contributed by atoms with Crippen LogP contribution in [0.2, 0.25) is 5.02 Å². The Bertz CT molecular complexity index is 1080. The highest BCUT2D eigenvalue weighted by Crippen LogP contribution is 2.40. The zero-order chi connectivity index (χ0) is 23.1. The molecule has 0 atom stereocenters. The van der Waals surface area contributed by atoms with Crippen molar-refractivity contribution in [3.63, 3.8) is 0 Å². The van der Waals surface area contributed by atoms with Crippen LogP contribution >= 0.6 is 11.6 Å². The van der Waals surface area contributed by atoms with E-state index >= 15 is 0 Å². The van der Waals surface area contributed by atoms with Gasteiger partial charge in [-0.25, -0.2) is 4.39 Å². The van der Waals surface area contributed by atoms with Crippen LogP contribution in [0.15, 0.2) is 36.4 Å². The summed E-state index contributed by atoms with van der Waals surface area (Å²) in [6.07, 6.45) is 0. The second kappa shape index (κ2) is 7.77. The largest absolute Gasteiger partial charge is 0.534 e. The summed E-state index contributed by atoms with van der Waals surface area (Å²) in [6, 6.07) is 4.81. The van der Waals surface area contributed by atoms with Crippen molar-refractivity contribution in [2.24, 2.45) is 0 Å². The molecule has 0 bridgehead atoms. The van der Waals surface area contributed by atoms with E-state index in [1.54, 1.807) is 0 Å². The molecule has 0 aromatic heterocycles. The molecule has 0 fully saturated rings. The van der Waals surface area contributed by atoms with E-state index in [0.29, 0.717) is 12.1 Å². The van der Waals surface area contributed by atoms with Crippen molar-refractivity contribution < 1.29 is 55.9 Å². The second-order valence-electron chi connectivity index (χ2n) is 5.20. The van der Waals surface area contributed by atoms with Crippen molar-refractivity contribution in [3.8, 4) is 22.6 Å². The average Bonchev–Trinajstić information content (AvgIpc) is 2.56. The van der Waals surface area contributed by atoms with Crippen molar-refractivity contribution >= 4 is 31.8 Å². The first kappa shape index (κ1) is 24.0. The number of hydrogen-bond acceptors (Lipinski definition) is 6. The molecule has 0 aliphatic heterocycles. The number of hydrogen-bond donors (Lipinski definition) is 0. The standard InChI is InChI=1S/C14H6ClF7O6S2/c15-11-7(3-1-5-9(11)27-29(23,24)13(17,18)19)8-4-2-6-10(12(8)16)28-30(25,26)14(20,21)22/h1-6H. The molecule has 30 heavy (non-hydrogen) atoms. The maximum atomic E-state index is 14.6. The molecule has 0 spiro atoms. The molecule has 16 heteroatoms. The monoisotopic (exact) mass is 502 g/mol. The summed E-state index contributed by atoms with van der Waals surface area (Å²) >= 11 is 5.77. The van der Waals surface area contributed by atoms with Crippen LogP contribution in [0.5, 0.6) is 11.5 Å². The second-order valence-corrected chi connectivity index (χ2v) is 8.66. The Balaban J connectivity index is 2.55. The lowest BCUT2D eigenvalue weighted by atomic mass is 10.0. The van der Waals surface area contributed by atoms with Crippen LogP contribution in [-0.2, 0) is 20.2 Å². The van der Waals surface area contributed by atoms with Gasteiger partial charge in [0.1, 0.15) is 0 Å². The predicted molar refractivity (Wildman–Crippen MR) is 88.1 cm³/mol. The lowest BCUT2D eigenvalue weighted by molar-refractivity contribution is -0.0505. The van der Waals surface area contributed by atoms with Gasteiger partial charge in [0.05, 0.1) is 5.02 Å². The van der Waals surface area contributed by atoms with Gasteiger partial charge >= 0.3 is 31.3 Å². The molecule has 0 saturated heterocycles. The minimum absolute atomic E-state index is 0.529. The van der Waals surface area contributed by atoms with Gasteiger partial charge in [0.2, 0.25) is 0 Å². The van der Waals surface area contributed by atoms with E-state index in [0.717, 1.165) is 24.3 Å². The molecule has 0 amide bonds. The third-order valence-electron chi connectivity index (χ3n) is 3.18. The smallest absolute Gasteiger partial charge is 0.374 e. The normalized spacial score (nSPS) is 13.2. The Hall–Kier alpha value is -2.26. The minimum atomic E-state index is -6.23. The van der Waals surface area contributed by atoms with Crippen molar-refractivity contribution in [2.75, 3.05) is 0 Å². The predicted octanol–water partition coefficient (Wildman–Crippen LogP) is 4.60. The molecule has 2 aromatic rings. The Labute approximate surface area is 169 Å². The molecule has 0 heterocycles. The fraction of sp³-hybridized carbons (Fsp3) is 0.143. The summed E-state index contributed by atoms with van der Waals surface area (Å²) in [4.78, 5) is 0. The highest BCUT2D eigenvalue weighted by atomic mass is 35.5. The van der Waals surface area contributed by atoms with Crippen molar-refractivity contribution in [3.05, 3.63) is 47.2 Å². The molecule has 2 aromatic carbocycles. The van der Waals surface area contributed by atoms with Gasteiger partial charge in [0, 0.05) is 11.1 Å². The molecular weight excluding hydrogens is 497 g/mol. The summed E-state index contributed by atoms with van der Waals surface area (Å²) in [5.74, 6) is -4.14. The van der Waals surface area contributed by atoms with Crippen LogP contribution in [0.3, 0.4) is 0 Å². The fourth-order valence-electron chi connectivity index (χ4n) is 1.90. The van der Waals surface area contributed by atoms with E-state index in [2.05, 4.69) is 8.37 Å². The zero-order valence-electron chi connectivity index (χ0n) is 13.8. The number of halogens is 8. The molecule has 0 aliphatic rings. The van der Waals surface area contributed by atoms with E-state index < -0.39 is 64.7 Å². The number of benzene rings is 2. The maximum Gasteiger partial charge on any atom is 0.534 e. The molecule has 0 saturated carbocycles. The lowest BCUT2D eigenvalue weighted by Crippen LogP contribution is -2.28. The summed E-state index contributed by atoms with van der Waals surface area (Å²) in [5, 5.41) is -0.861. The topological polar surface area (TPSA) is 86.7 Å². The van der Waals surface area contributed by atoms with E-state index in [-0.39, 0.29) is 0 Å². The summed E-state index contributed by atoms with van der Waals surface area (Å²) < 4.78 is 141. The average molecular weight is 503 g/mol. The SMILES string of the molecule is O=S(=O)(Oc1cccc(-c2cccc(OS(=O)(=O)C(F)(F)F)c2Cl)c1F)C(F)(F)F. The third kappa shape index (κ3) is 4.73. The fourth-order valence-corrected chi connectivity index (χ4v) is 3.14. The van der Waals surface area contributed by atoms with E-state index in [1.807, 2.05) is 0 Å². The highest BCUT2D eigenvalue weighted by molar-refractivity contribution is 7.88. The highest BCUT2D eigenvalue weighted by Gasteiger charge is 2.49. The molecule has 0 unspecified atom stereocenters. The van der Waals surface area contributed by atoms with Crippen LogP contribution in [0.25, 0.3) is 11.1 Å². The Kier molecular flexibility index (Phi) is 6.22. The summed E-state index contributed by atoms with van der Waals surface area (Å²) in [5.41, 5.74) is -12.9. The van der Waals surface area contributed by atoms with Crippen LogP contribution < -0.4 is 8.37 Å². The van der Waals surface area contributed by atoms with E-state index in [9.17, 15) is 47.6 Å². The maximum absolute atomic E-state index is 14.6. The Morgan fingerprint density at radius 1 is 0.700 bits per heavy atom. The van der Waals surface area contributed by atoms with Crippen LogP contribution in [0, 0.1) is 5.82 Å². The van der Waals surface area contributed by atoms with E-state index in [1.165, 1.54) is 0 Å². The van der Waals surface area contributed by atoms with Gasteiger partial charge in [-0.3, -0.25) is 0 Å². The molecule has 0 aliphatic carbocycles.